The number of halogens is 3. The molecule has 0 heterocycles. The van der Waals surface area contributed by atoms with Crippen molar-refractivity contribution in [3.8, 4) is 5.75 Å². The molecule has 0 fully saturated rings. The second kappa shape index (κ2) is 6.84. The first-order valence-corrected chi connectivity index (χ1v) is 6.82. The largest absolute Gasteiger partial charge is 0.482 e. The Hall–Kier alpha value is -1.42. The van der Waals surface area contributed by atoms with E-state index in [0.717, 1.165) is 0 Å². The van der Waals surface area contributed by atoms with E-state index in [1.165, 1.54) is 0 Å². The monoisotopic (exact) mass is 329 g/mol. The summed E-state index contributed by atoms with van der Waals surface area (Å²) >= 11 is 17.7. The number of hydrogen-bond acceptors (Lipinski definition) is 2. The van der Waals surface area contributed by atoms with Crippen LogP contribution in [0.15, 0.2) is 42.5 Å². The Balaban J connectivity index is 1.96. The lowest BCUT2D eigenvalue weighted by Crippen LogP contribution is -2.20. The van der Waals surface area contributed by atoms with Crippen LogP contribution in [0.3, 0.4) is 0 Å². The lowest BCUT2D eigenvalue weighted by Gasteiger charge is -2.09. The quantitative estimate of drug-likeness (QED) is 0.885. The van der Waals surface area contributed by atoms with Gasteiger partial charge in [0, 0.05) is 5.02 Å². The number of carbonyl (C=O) groups is 1. The lowest BCUT2D eigenvalue weighted by atomic mass is 10.3. The molecule has 20 heavy (non-hydrogen) atoms. The SMILES string of the molecule is O=C(COc1ccccc1Cl)Nc1cc(Cl)ccc1Cl. The van der Waals surface area contributed by atoms with Crippen LogP contribution < -0.4 is 10.1 Å². The van der Waals surface area contributed by atoms with Crippen LogP contribution in [-0.4, -0.2) is 12.5 Å². The third-order valence-electron chi connectivity index (χ3n) is 2.40. The van der Waals surface area contributed by atoms with Crippen molar-refractivity contribution < 1.29 is 9.53 Å². The predicted octanol–water partition coefficient (Wildman–Crippen LogP) is 4.66. The molecule has 0 spiro atoms. The molecule has 0 bridgehead atoms. The number of para-hydroxylation sites is 1. The molecule has 0 radical (unpaired) electrons. The molecule has 3 nitrogen and oxygen atoms in total. The molecule has 6 heteroatoms. The van der Waals surface area contributed by atoms with Gasteiger partial charge >= 0.3 is 0 Å². The van der Waals surface area contributed by atoms with E-state index in [1.54, 1.807) is 42.5 Å². The van der Waals surface area contributed by atoms with Gasteiger partial charge in [0.05, 0.1) is 15.7 Å². The smallest absolute Gasteiger partial charge is 0.262 e. The first kappa shape index (κ1) is 15.0. The van der Waals surface area contributed by atoms with E-state index in [4.69, 9.17) is 39.5 Å². The van der Waals surface area contributed by atoms with Crippen molar-refractivity contribution in [1.82, 2.24) is 0 Å². The average molecular weight is 331 g/mol. The summed E-state index contributed by atoms with van der Waals surface area (Å²) in [5.74, 6) is 0.0931. The van der Waals surface area contributed by atoms with Crippen LogP contribution >= 0.6 is 34.8 Å². The predicted molar refractivity (Wildman–Crippen MR) is 82.0 cm³/mol. The van der Waals surface area contributed by atoms with Gasteiger partial charge in [0.15, 0.2) is 6.61 Å². The van der Waals surface area contributed by atoms with Crippen molar-refractivity contribution in [3.05, 3.63) is 57.5 Å². The van der Waals surface area contributed by atoms with Crippen LogP contribution in [-0.2, 0) is 4.79 Å². The standard InChI is InChI=1S/C14H10Cl3NO2/c15-9-5-6-10(16)12(7-9)18-14(19)8-20-13-4-2-1-3-11(13)17/h1-7H,8H2,(H,18,19). The normalized spacial score (nSPS) is 10.2. The lowest BCUT2D eigenvalue weighted by molar-refractivity contribution is -0.118. The first-order chi connectivity index (χ1) is 9.56. The van der Waals surface area contributed by atoms with Gasteiger partial charge in [0.1, 0.15) is 5.75 Å². The van der Waals surface area contributed by atoms with Crippen LogP contribution in [0.4, 0.5) is 5.69 Å². The summed E-state index contributed by atoms with van der Waals surface area (Å²) in [6.07, 6.45) is 0. The molecule has 0 aliphatic carbocycles. The van der Waals surface area contributed by atoms with Gasteiger partial charge in [0.2, 0.25) is 0 Å². The fourth-order valence-electron chi connectivity index (χ4n) is 1.48. The number of benzene rings is 2. The van der Waals surface area contributed by atoms with Gasteiger partial charge in [-0.2, -0.15) is 0 Å². The Morgan fingerprint density at radius 3 is 2.55 bits per heavy atom. The summed E-state index contributed by atoms with van der Waals surface area (Å²) in [5.41, 5.74) is 0.437. The number of anilines is 1. The molecule has 0 unspecified atom stereocenters. The third-order valence-corrected chi connectivity index (χ3v) is 3.27. The van der Waals surface area contributed by atoms with Gasteiger partial charge in [-0.3, -0.25) is 4.79 Å². The van der Waals surface area contributed by atoms with Crippen molar-refractivity contribution in [2.24, 2.45) is 0 Å². The Bertz CT molecular complexity index is 632. The van der Waals surface area contributed by atoms with Crippen molar-refractivity contribution in [2.75, 3.05) is 11.9 Å². The summed E-state index contributed by atoms with van der Waals surface area (Å²) in [7, 11) is 0. The van der Waals surface area contributed by atoms with E-state index in [-0.39, 0.29) is 12.5 Å². The van der Waals surface area contributed by atoms with E-state index in [9.17, 15) is 4.79 Å². The minimum atomic E-state index is -0.353. The Morgan fingerprint density at radius 1 is 1.05 bits per heavy atom. The molecular formula is C14H10Cl3NO2. The second-order valence-corrected chi connectivity index (χ2v) is 5.14. The van der Waals surface area contributed by atoms with Gasteiger partial charge in [-0.15, -0.1) is 0 Å². The summed E-state index contributed by atoms with van der Waals surface area (Å²) in [4.78, 5) is 11.8. The molecule has 2 aromatic carbocycles. The molecular weight excluding hydrogens is 321 g/mol. The maximum absolute atomic E-state index is 11.8. The zero-order valence-corrected chi connectivity index (χ0v) is 12.5. The van der Waals surface area contributed by atoms with Gasteiger partial charge in [-0.25, -0.2) is 0 Å². The molecule has 2 aromatic rings. The Morgan fingerprint density at radius 2 is 1.80 bits per heavy atom. The Kier molecular flexibility index (Phi) is 5.12. The van der Waals surface area contributed by atoms with Crippen LogP contribution in [0.1, 0.15) is 0 Å². The number of ether oxygens (including phenoxy) is 1. The highest BCUT2D eigenvalue weighted by Gasteiger charge is 2.08. The zero-order valence-electron chi connectivity index (χ0n) is 10.2. The summed E-state index contributed by atoms with van der Waals surface area (Å²) in [5, 5.41) is 3.95. The maximum Gasteiger partial charge on any atom is 0.262 e. The molecule has 0 aliphatic heterocycles. The molecule has 1 amide bonds. The van der Waals surface area contributed by atoms with E-state index in [1.807, 2.05) is 0 Å². The first-order valence-electron chi connectivity index (χ1n) is 5.68. The molecule has 2 rings (SSSR count). The minimum absolute atomic E-state index is 0.174. The van der Waals surface area contributed by atoms with Crippen molar-refractivity contribution in [3.63, 3.8) is 0 Å². The summed E-state index contributed by atoms with van der Waals surface area (Å²) < 4.78 is 5.32. The van der Waals surface area contributed by atoms with Crippen LogP contribution in [0.5, 0.6) is 5.75 Å². The molecule has 0 aromatic heterocycles. The highest BCUT2D eigenvalue weighted by molar-refractivity contribution is 6.35. The minimum Gasteiger partial charge on any atom is -0.482 e. The number of amides is 1. The topological polar surface area (TPSA) is 38.3 Å². The van der Waals surface area contributed by atoms with E-state index in [2.05, 4.69) is 5.32 Å². The molecule has 104 valence electrons. The van der Waals surface area contributed by atoms with Crippen molar-refractivity contribution >= 4 is 46.4 Å². The van der Waals surface area contributed by atoms with Crippen molar-refractivity contribution in [1.29, 1.82) is 0 Å². The van der Waals surface area contributed by atoms with E-state index < -0.39 is 0 Å². The van der Waals surface area contributed by atoms with E-state index >= 15 is 0 Å². The van der Waals surface area contributed by atoms with Crippen LogP contribution in [0.25, 0.3) is 0 Å². The number of nitrogens with one attached hydrogen (secondary N) is 1. The summed E-state index contributed by atoms with van der Waals surface area (Å²) in [6.45, 7) is -0.174. The number of carbonyl (C=O) groups excluding carboxylic acids is 1. The fraction of sp³-hybridized carbons (Fsp3) is 0.0714. The zero-order chi connectivity index (χ0) is 14.5. The van der Waals surface area contributed by atoms with Gasteiger partial charge in [0.25, 0.3) is 5.91 Å². The molecule has 0 aliphatic rings. The van der Waals surface area contributed by atoms with Crippen LogP contribution in [0, 0.1) is 0 Å². The van der Waals surface area contributed by atoms with Gasteiger partial charge in [-0.1, -0.05) is 46.9 Å². The Labute approximate surface area is 131 Å². The summed E-state index contributed by atoms with van der Waals surface area (Å²) in [6, 6.07) is 11.7. The van der Waals surface area contributed by atoms with Crippen LogP contribution in [0.2, 0.25) is 15.1 Å². The highest BCUT2D eigenvalue weighted by Crippen LogP contribution is 2.26. The fourth-order valence-corrected chi connectivity index (χ4v) is 2.01. The van der Waals surface area contributed by atoms with Gasteiger partial charge < -0.3 is 10.1 Å². The molecule has 0 atom stereocenters. The third kappa shape index (κ3) is 4.04. The van der Waals surface area contributed by atoms with E-state index in [0.29, 0.717) is 26.5 Å². The number of rotatable bonds is 4. The van der Waals surface area contributed by atoms with Crippen molar-refractivity contribution in [2.45, 2.75) is 0 Å². The maximum atomic E-state index is 11.8. The second-order valence-electron chi connectivity index (χ2n) is 3.89. The molecule has 1 N–H and O–H groups in total. The van der Waals surface area contributed by atoms with Gasteiger partial charge in [-0.05, 0) is 30.3 Å². The molecule has 0 saturated carbocycles. The number of hydrogen-bond donors (Lipinski definition) is 1. The average Bonchev–Trinajstić information content (AvgIpc) is 2.42. The molecule has 0 saturated heterocycles. The highest BCUT2D eigenvalue weighted by atomic mass is 35.5.